The molecule has 4 heteroatoms. The molecule has 0 aromatic rings. The average molecular weight is 198 g/mol. The van der Waals surface area contributed by atoms with Crippen molar-refractivity contribution in [3.8, 4) is 0 Å². The summed E-state index contributed by atoms with van der Waals surface area (Å²) in [6.45, 7) is 8.30. The number of guanidine groups is 1. The Balaban J connectivity index is 2.50. The highest BCUT2D eigenvalue weighted by Crippen LogP contribution is 2.06. The molecule has 0 amide bonds. The first-order valence-electron chi connectivity index (χ1n) is 5.40. The highest BCUT2D eigenvalue weighted by Gasteiger charge is 2.22. The number of aliphatic imine (C=N–C) groups is 1. The zero-order chi connectivity index (χ0) is 10.6. The fourth-order valence-corrected chi connectivity index (χ4v) is 1.80. The van der Waals surface area contributed by atoms with Gasteiger partial charge in [0, 0.05) is 32.2 Å². The minimum absolute atomic E-state index is 0.481. The molecule has 0 spiro atoms. The van der Waals surface area contributed by atoms with Gasteiger partial charge in [-0.3, -0.25) is 4.99 Å². The van der Waals surface area contributed by atoms with Crippen LogP contribution >= 0.6 is 0 Å². The maximum absolute atomic E-state index is 5.93. The number of piperazine rings is 1. The molecule has 82 valence electrons. The van der Waals surface area contributed by atoms with E-state index in [0.717, 1.165) is 32.6 Å². The van der Waals surface area contributed by atoms with E-state index >= 15 is 0 Å². The summed E-state index contributed by atoms with van der Waals surface area (Å²) in [6.07, 6.45) is 1.06. The minimum atomic E-state index is 0.481. The van der Waals surface area contributed by atoms with Crippen LogP contribution in [0.5, 0.6) is 0 Å². The van der Waals surface area contributed by atoms with Crippen LogP contribution in [0.4, 0.5) is 0 Å². The average Bonchev–Trinajstić information content (AvgIpc) is 2.14. The standard InChI is InChI=1S/C10H22N4/c1-4-5-12-10(11)14-7-6-13(3)8-9(14)2/h9H,4-8H2,1-3H3,(H2,11,12). The summed E-state index contributed by atoms with van der Waals surface area (Å²) in [5, 5.41) is 0. The van der Waals surface area contributed by atoms with Crippen molar-refractivity contribution in [2.75, 3.05) is 33.2 Å². The molecule has 4 nitrogen and oxygen atoms in total. The van der Waals surface area contributed by atoms with Crippen LogP contribution in [-0.2, 0) is 0 Å². The van der Waals surface area contributed by atoms with Gasteiger partial charge in [-0.1, -0.05) is 6.92 Å². The third-order valence-electron chi connectivity index (χ3n) is 2.62. The first-order valence-corrected chi connectivity index (χ1v) is 5.40. The monoisotopic (exact) mass is 198 g/mol. The molecule has 1 fully saturated rings. The summed E-state index contributed by atoms with van der Waals surface area (Å²) in [7, 11) is 2.15. The first kappa shape index (κ1) is 11.3. The molecule has 1 saturated heterocycles. The predicted molar refractivity (Wildman–Crippen MR) is 60.4 cm³/mol. The van der Waals surface area contributed by atoms with E-state index in [4.69, 9.17) is 5.73 Å². The summed E-state index contributed by atoms with van der Waals surface area (Å²) < 4.78 is 0. The molecule has 0 aliphatic carbocycles. The van der Waals surface area contributed by atoms with Gasteiger partial charge in [0.15, 0.2) is 5.96 Å². The molecule has 1 aliphatic heterocycles. The Kier molecular flexibility index (Phi) is 4.20. The van der Waals surface area contributed by atoms with Crippen molar-refractivity contribution in [3.63, 3.8) is 0 Å². The molecule has 1 atom stereocenters. The lowest BCUT2D eigenvalue weighted by molar-refractivity contribution is 0.160. The molecule has 0 saturated carbocycles. The smallest absolute Gasteiger partial charge is 0.191 e. The van der Waals surface area contributed by atoms with Crippen molar-refractivity contribution >= 4 is 5.96 Å². The summed E-state index contributed by atoms with van der Waals surface area (Å²) >= 11 is 0. The lowest BCUT2D eigenvalue weighted by Crippen LogP contribution is -2.55. The molecule has 0 radical (unpaired) electrons. The van der Waals surface area contributed by atoms with Gasteiger partial charge in [0.25, 0.3) is 0 Å². The van der Waals surface area contributed by atoms with E-state index in [0.29, 0.717) is 12.0 Å². The SMILES string of the molecule is CCCN=C(N)N1CCN(C)CC1C. The second-order valence-electron chi connectivity index (χ2n) is 4.04. The molecule has 1 rings (SSSR count). The van der Waals surface area contributed by atoms with Crippen molar-refractivity contribution in [2.45, 2.75) is 26.3 Å². The van der Waals surface area contributed by atoms with Gasteiger partial charge in [-0.05, 0) is 20.4 Å². The third kappa shape index (κ3) is 2.87. The van der Waals surface area contributed by atoms with Crippen LogP contribution < -0.4 is 5.73 Å². The lowest BCUT2D eigenvalue weighted by atomic mass is 10.2. The Morgan fingerprint density at radius 3 is 2.79 bits per heavy atom. The Labute approximate surface area is 86.8 Å². The molecule has 1 heterocycles. The highest BCUT2D eigenvalue weighted by molar-refractivity contribution is 5.78. The normalized spacial score (nSPS) is 25.5. The molecule has 1 unspecified atom stereocenters. The molecule has 0 aromatic carbocycles. The van der Waals surface area contributed by atoms with E-state index in [9.17, 15) is 0 Å². The highest BCUT2D eigenvalue weighted by atomic mass is 15.3. The van der Waals surface area contributed by atoms with Gasteiger partial charge in [-0.15, -0.1) is 0 Å². The fraction of sp³-hybridized carbons (Fsp3) is 0.900. The van der Waals surface area contributed by atoms with E-state index in [1.165, 1.54) is 0 Å². The number of rotatable bonds is 2. The van der Waals surface area contributed by atoms with Crippen LogP contribution in [0.15, 0.2) is 4.99 Å². The lowest BCUT2D eigenvalue weighted by Gasteiger charge is -2.38. The number of likely N-dealkylation sites (N-methyl/N-ethyl adjacent to an activating group) is 1. The van der Waals surface area contributed by atoms with Gasteiger partial charge >= 0.3 is 0 Å². The zero-order valence-electron chi connectivity index (χ0n) is 9.53. The Morgan fingerprint density at radius 2 is 2.21 bits per heavy atom. The molecule has 0 aromatic heterocycles. The number of nitrogens with two attached hydrogens (primary N) is 1. The van der Waals surface area contributed by atoms with Crippen molar-refractivity contribution in [1.82, 2.24) is 9.80 Å². The van der Waals surface area contributed by atoms with Gasteiger partial charge in [0.05, 0.1) is 0 Å². The van der Waals surface area contributed by atoms with Crippen molar-refractivity contribution < 1.29 is 0 Å². The van der Waals surface area contributed by atoms with Gasteiger partial charge < -0.3 is 15.5 Å². The summed E-state index contributed by atoms with van der Waals surface area (Å²) in [5.41, 5.74) is 5.93. The van der Waals surface area contributed by atoms with Crippen LogP contribution in [0, 0.1) is 0 Å². The van der Waals surface area contributed by atoms with Crippen LogP contribution in [0.1, 0.15) is 20.3 Å². The number of hydrogen-bond donors (Lipinski definition) is 1. The minimum Gasteiger partial charge on any atom is -0.370 e. The van der Waals surface area contributed by atoms with Gasteiger partial charge in [0.1, 0.15) is 0 Å². The van der Waals surface area contributed by atoms with Gasteiger partial charge in [0.2, 0.25) is 0 Å². The Bertz CT molecular complexity index is 202. The number of hydrogen-bond acceptors (Lipinski definition) is 2. The molecule has 2 N–H and O–H groups in total. The molecular weight excluding hydrogens is 176 g/mol. The fourth-order valence-electron chi connectivity index (χ4n) is 1.80. The topological polar surface area (TPSA) is 44.9 Å². The second-order valence-corrected chi connectivity index (χ2v) is 4.04. The molecule has 1 aliphatic rings. The maximum Gasteiger partial charge on any atom is 0.191 e. The zero-order valence-corrected chi connectivity index (χ0v) is 9.53. The largest absolute Gasteiger partial charge is 0.370 e. The first-order chi connectivity index (χ1) is 6.65. The predicted octanol–water partition coefficient (Wildman–Crippen LogP) is 0.347. The van der Waals surface area contributed by atoms with E-state index in [1.807, 2.05) is 0 Å². The third-order valence-corrected chi connectivity index (χ3v) is 2.62. The Hall–Kier alpha value is -0.770. The van der Waals surface area contributed by atoms with Crippen molar-refractivity contribution in [2.24, 2.45) is 10.7 Å². The van der Waals surface area contributed by atoms with E-state index in [1.54, 1.807) is 0 Å². The van der Waals surface area contributed by atoms with E-state index in [2.05, 4.69) is 35.7 Å². The van der Waals surface area contributed by atoms with Crippen LogP contribution in [0.3, 0.4) is 0 Å². The summed E-state index contributed by atoms with van der Waals surface area (Å²) in [6, 6.07) is 0.481. The number of nitrogens with zero attached hydrogens (tertiary/aromatic N) is 3. The molecule has 14 heavy (non-hydrogen) atoms. The maximum atomic E-state index is 5.93. The second kappa shape index (κ2) is 5.20. The van der Waals surface area contributed by atoms with Crippen LogP contribution in [0.2, 0.25) is 0 Å². The van der Waals surface area contributed by atoms with Crippen molar-refractivity contribution in [1.29, 1.82) is 0 Å². The summed E-state index contributed by atoms with van der Waals surface area (Å²) in [5.74, 6) is 0.715. The quantitative estimate of drug-likeness (QED) is 0.514. The van der Waals surface area contributed by atoms with Gasteiger partial charge in [-0.2, -0.15) is 0 Å². The van der Waals surface area contributed by atoms with E-state index in [-0.39, 0.29) is 0 Å². The van der Waals surface area contributed by atoms with Crippen LogP contribution in [0.25, 0.3) is 0 Å². The summed E-state index contributed by atoms with van der Waals surface area (Å²) in [4.78, 5) is 8.88. The van der Waals surface area contributed by atoms with Crippen molar-refractivity contribution in [3.05, 3.63) is 0 Å². The van der Waals surface area contributed by atoms with E-state index < -0.39 is 0 Å². The van der Waals surface area contributed by atoms with Crippen LogP contribution in [-0.4, -0.2) is 55.0 Å². The molecular formula is C10H22N4. The molecule has 0 bridgehead atoms. The van der Waals surface area contributed by atoms with Gasteiger partial charge in [-0.25, -0.2) is 0 Å². The Morgan fingerprint density at radius 1 is 1.50 bits per heavy atom.